The third kappa shape index (κ3) is 3.18. The normalized spacial score (nSPS) is 10.9. The van der Waals surface area contributed by atoms with Crippen molar-refractivity contribution in [2.45, 2.75) is 0 Å². The van der Waals surface area contributed by atoms with Crippen LogP contribution in [0.25, 0.3) is 34.2 Å². The molecule has 0 radical (unpaired) electrons. The molecule has 3 heterocycles. The molecule has 0 aliphatic carbocycles. The second-order valence-electron chi connectivity index (χ2n) is 6.77. The zero-order valence-corrected chi connectivity index (χ0v) is 15.8. The van der Waals surface area contributed by atoms with Crippen LogP contribution in [0.3, 0.4) is 0 Å². The number of aromatic amines is 2. The van der Waals surface area contributed by atoms with Gasteiger partial charge in [-0.2, -0.15) is 0 Å². The molecule has 5 rings (SSSR count). The van der Waals surface area contributed by atoms with Crippen LogP contribution in [0.1, 0.15) is 0 Å². The van der Waals surface area contributed by atoms with Gasteiger partial charge < -0.3 is 0 Å². The monoisotopic (exact) mass is 395 g/mol. The second kappa shape index (κ2) is 7.21. The van der Waals surface area contributed by atoms with Gasteiger partial charge in [-0.05, 0) is 36.4 Å². The van der Waals surface area contributed by atoms with Gasteiger partial charge in [0.25, 0.3) is 11.1 Å². The Balaban J connectivity index is 1.54. The number of hydrogen-bond acceptors (Lipinski definition) is 3. The number of benzene rings is 2. The summed E-state index contributed by atoms with van der Waals surface area (Å²) in [5.41, 5.74) is 3.54. The van der Waals surface area contributed by atoms with E-state index in [1.165, 1.54) is 21.5 Å². The Hall–Kier alpha value is -4.39. The van der Waals surface area contributed by atoms with Crippen molar-refractivity contribution >= 4 is 0 Å². The van der Waals surface area contributed by atoms with E-state index in [9.17, 15) is 9.59 Å². The number of para-hydroxylation sites is 2. The van der Waals surface area contributed by atoms with Crippen molar-refractivity contribution in [2.75, 3.05) is 0 Å². The molecular formula is C23H17N5O2. The van der Waals surface area contributed by atoms with Crippen molar-refractivity contribution in [1.82, 2.24) is 24.5 Å². The minimum absolute atomic E-state index is 0.174. The van der Waals surface area contributed by atoms with Crippen LogP contribution in [-0.2, 0) is 0 Å². The molecule has 0 saturated heterocycles. The molecule has 30 heavy (non-hydrogen) atoms. The molecule has 0 unspecified atom stereocenters. The first-order chi connectivity index (χ1) is 14.7. The van der Waals surface area contributed by atoms with E-state index >= 15 is 0 Å². The number of pyridine rings is 1. The number of H-pyrrole nitrogens is 2. The molecule has 0 fully saturated rings. The lowest BCUT2D eigenvalue weighted by Crippen LogP contribution is -2.12. The molecule has 7 heteroatoms. The van der Waals surface area contributed by atoms with E-state index in [1.807, 2.05) is 78.9 Å². The minimum atomic E-state index is -0.174. The Morgan fingerprint density at radius 3 is 1.43 bits per heavy atom. The van der Waals surface area contributed by atoms with Crippen molar-refractivity contribution < 1.29 is 0 Å². The van der Waals surface area contributed by atoms with E-state index in [2.05, 4.69) is 15.2 Å². The van der Waals surface area contributed by atoms with E-state index in [-0.39, 0.29) is 11.1 Å². The smallest absolute Gasteiger partial charge is 0.271 e. The molecule has 2 aromatic carbocycles. The van der Waals surface area contributed by atoms with E-state index in [0.29, 0.717) is 22.8 Å². The standard InChI is InChI=1S/C23H17N5O2/c29-22-14-20(25-27(22)16-8-3-1-4-9-16)18-12-7-13-19(24-18)21-15-23(30)28(26-21)17-10-5-2-6-11-17/h1-15,25-26H. The summed E-state index contributed by atoms with van der Waals surface area (Å²) in [4.78, 5) is 29.5. The lowest BCUT2D eigenvalue weighted by molar-refractivity contribution is 0.849. The highest BCUT2D eigenvalue weighted by Gasteiger charge is 2.12. The molecule has 2 N–H and O–H groups in total. The summed E-state index contributed by atoms with van der Waals surface area (Å²) in [5, 5.41) is 6.20. The first kappa shape index (κ1) is 17.7. The first-order valence-electron chi connectivity index (χ1n) is 9.42. The highest BCUT2D eigenvalue weighted by molar-refractivity contribution is 5.61. The lowest BCUT2D eigenvalue weighted by atomic mass is 10.2. The van der Waals surface area contributed by atoms with Crippen LogP contribution >= 0.6 is 0 Å². The maximum absolute atomic E-state index is 12.4. The van der Waals surface area contributed by atoms with E-state index in [0.717, 1.165) is 11.4 Å². The zero-order chi connectivity index (χ0) is 20.5. The highest BCUT2D eigenvalue weighted by Crippen LogP contribution is 2.20. The fourth-order valence-corrected chi connectivity index (χ4v) is 3.33. The Morgan fingerprint density at radius 1 is 0.567 bits per heavy atom. The predicted octanol–water partition coefficient (Wildman–Crippen LogP) is 3.37. The SMILES string of the molecule is O=c1cc(-c2cccc(-c3cc(=O)n(-c4ccccc4)[nH]3)n2)[nH]n1-c1ccccc1. The van der Waals surface area contributed by atoms with Crippen molar-refractivity contribution in [2.24, 2.45) is 0 Å². The van der Waals surface area contributed by atoms with Gasteiger partial charge in [0.05, 0.1) is 34.2 Å². The van der Waals surface area contributed by atoms with Crippen molar-refractivity contribution in [1.29, 1.82) is 0 Å². The molecule has 7 nitrogen and oxygen atoms in total. The molecule has 0 atom stereocenters. The molecule has 0 aliphatic heterocycles. The van der Waals surface area contributed by atoms with Crippen LogP contribution in [0.15, 0.2) is 101 Å². The second-order valence-corrected chi connectivity index (χ2v) is 6.77. The third-order valence-corrected chi connectivity index (χ3v) is 4.77. The summed E-state index contributed by atoms with van der Waals surface area (Å²) in [6, 6.07) is 27.2. The van der Waals surface area contributed by atoms with E-state index in [1.54, 1.807) is 0 Å². The fourth-order valence-electron chi connectivity index (χ4n) is 3.33. The largest absolute Gasteiger partial charge is 0.289 e. The summed E-state index contributed by atoms with van der Waals surface area (Å²) in [6.07, 6.45) is 0. The third-order valence-electron chi connectivity index (χ3n) is 4.77. The Labute approximate surface area is 170 Å². The van der Waals surface area contributed by atoms with E-state index in [4.69, 9.17) is 0 Å². The Kier molecular flexibility index (Phi) is 4.25. The molecule has 0 amide bonds. The van der Waals surface area contributed by atoms with Gasteiger partial charge in [-0.15, -0.1) is 0 Å². The van der Waals surface area contributed by atoms with E-state index < -0.39 is 0 Å². The van der Waals surface area contributed by atoms with Crippen LogP contribution in [0.2, 0.25) is 0 Å². The minimum Gasteiger partial charge on any atom is -0.289 e. The molecule has 0 spiro atoms. The molecule has 0 bridgehead atoms. The molecule has 146 valence electrons. The number of rotatable bonds is 4. The van der Waals surface area contributed by atoms with Crippen LogP contribution in [0.5, 0.6) is 0 Å². The highest BCUT2D eigenvalue weighted by atomic mass is 16.1. The lowest BCUT2D eigenvalue weighted by Gasteiger charge is -2.04. The molecule has 0 aliphatic rings. The number of hydrogen-bond donors (Lipinski definition) is 2. The number of aromatic nitrogens is 5. The number of nitrogens with zero attached hydrogens (tertiary/aromatic N) is 3. The summed E-state index contributed by atoms with van der Waals surface area (Å²) >= 11 is 0. The summed E-state index contributed by atoms with van der Waals surface area (Å²) < 4.78 is 2.94. The Morgan fingerprint density at radius 2 is 1.00 bits per heavy atom. The van der Waals surface area contributed by atoms with Gasteiger partial charge in [-0.25, -0.2) is 14.3 Å². The van der Waals surface area contributed by atoms with Gasteiger partial charge in [0.15, 0.2) is 0 Å². The zero-order valence-electron chi connectivity index (χ0n) is 15.8. The van der Waals surface area contributed by atoms with Crippen LogP contribution in [0.4, 0.5) is 0 Å². The first-order valence-corrected chi connectivity index (χ1v) is 9.42. The molecule has 3 aromatic heterocycles. The average Bonchev–Trinajstić information content (AvgIpc) is 3.38. The van der Waals surface area contributed by atoms with Gasteiger partial charge in [0.1, 0.15) is 0 Å². The average molecular weight is 395 g/mol. The molecule has 5 aromatic rings. The van der Waals surface area contributed by atoms with Gasteiger partial charge in [0.2, 0.25) is 0 Å². The van der Waals surface area contributed by atoms with Gasteiger partial charge in [-0.1, -0.05) is 42.5 Å². The van der Waals surface area contributed by atoms with Crippen molar-refractivity contribution in [3.05, 3.63) is 112 Å². The topological polar surface area (TPSA) is 88.5 Å². The fraction of sp³-hybridized carbons (Fsp3) is 0. The van der Waals surface area contributed by atoms with Crippen LogP contribution < -0.4 is 11.1 Å². The summed E-state index contributed by atoms with van der Waals surface area (Å²) in [5.74, 6) is 0. The van der Waals surface area contributed by atoms with Gasteiger partial charge in [0, 0.05) is 12.1 Å². The molecular weight excluding hydrogens is 378 g/mol. The summed E-state index contributed by atoms with van der Waals surface area (Å²) in [7, 11) is 0. The Bertz CT molecular complexity index is 1320. The quantitative estimate of drug-likeness (QED) is 0.489. The molecule has 0 saturated carbocycles. The maximum atomic E-state index is 12.4. The number of nitrogens with one attached hydrogen (secondary N) is 2. The maximum Gasteiger partial charge on any atom is 0.271 e. The van der Waals surface area contributed by atoms with Crippen LogP contribution in [-0.4, -0.2) is 24.5 Å². The van der Waals surface area contributed by atoms with Crippen LogP contribution in [0, 0.1) is 0 Å². The predicted molar refractivity (Wildman–Crippen MR) is 115 cm³/mol. The van der Waals surface area contributed by atoms with Crippen molar-refractivity contribution in [3.8, 4) is 34.2 Å². The van der Waals surface area contributed by atoms with Crippen molar-refractivity contribution in [3.63, 3.8) is 0 Å². The summed E-state index contributed by atoms with van der Waals surface area (Å²) in [6.45, 7) is 0. The van der Waals surface area contributed by atoms with Gasteiger partial charge in [-0.3, -0.25) is 19.8 Å². The van der Waals surface area contributed by atoms with Gasteiger partial charge >= 0.3 is 0 Å².